The zero-order chi connectivity index (χ0) is 37.0. The van der Waals surface area contributed by atoms with E-state index in [0.717, 1.165) is 11.3 Å². The van der Waals surface area contributed by atoms with Gasteiger partial charge in [0.25, 0.3) is 17.7 Å². The Labute approximate surface area is 303 Å². The number of aromatic hydroxyl groups is 2. The van der Waals surface area contributed by atoms with Crippen molar-refractivity contribution in [2.24, 2.45) is 5.16 Å². The molecule has 7 N–H and O–H groups in total. The summed E-state index contributed by atoms with van der Waals surface area (Å²) in [6.45, 7) is 5.03. The zero-order valence-electron chi connectivity index (χ0n) is 27.4. The Bertz CT molecular complexity index is 1890. The Balaban J connectivity index is 1.18. The number of phenolic OH excluding ortho intramolecular Hbond substituents is 2. The average Bonchev–Trinajstić information content (AvgIpc) is 3.33. The van der Waals surface area contributed by atoms with E-state index >= 15 is 0 Å². The molecule has 5 aliphatic heterocycles. The third-order valence-electron chi connectivity index (χ3n) is 9.64. The minimum Gasteiger partial charge on any atom is -0.504 e. The number of thiazole rings is 1. The van der Waals surface area contributed by atoms with Crippen molar-refractivity contribution in [2.75, 3.05) is 44.2 Å². The number of nitrogens with one attached hydrogen (secondary N) is 1. The van der Waals surface area contributed by atoms with Crippen molar-refractivity contribution >= 4 is 75.2 Å². The quantitative estimate of drug-likeness (QED) is 0.0657. The number of aromatic nitrogens is 1. The molecule has 51 heavy (non-hydrogen) atoms. The standard InChI is InChI=1S/C31H34ClN7O10S2/c1-31(2,29(47)48)49-36-20(17-13-51-30(33)34-17)24(42)35-21-26(44)38-22(28(45)46)14(12-50-27(21)38)11-39-8-5-15(6-9-39)37(7-10-39)25(43)16-3-4-18(40)23(41)19(16)32/h3-4,13,15,21,27H,5-12H2,1-2H3,(H6-,33,34,35,36,40,41,42,43,45,46,47,48)/p+1/t15?,21-,27-,39?/m1/s1. The number of amides is 3. The Morgan fingerprint density at radius 3 is 2.51 bits per heavy atom. The van der Waals surface area contributed by atoms with Crippen molar-refractivity contribution in [1.82, 2.24) is 20.1 Å². The molecular weight excluding hydrogens is 730 g/mol. The molecule has 2 atom stereocenters. The van der Waals surface area contributed by atoms with Gasteiger partial charge in [-0.1, -0.05) is 16.8 Å². The predicted molar refractivity (Wildman–Crippen MR) is 184 cm³/mol. The zero-order valence-corrected chi connectivity index (χ0v) is 29.8. The minimum atomic E-state index is -1.79. The largest absolute Gasteiger partial charge is 0.504 e. The third-order valence-corrected chi connectivity index (χ3v) is 12.0. The van der Waals surface area contributed by atoms with Crippen LogP contribution < -0.4 is 11.1 Å². The number of anilines is 1. The topological polar surface area (TPSA) is 245 Å². The Morgan fingerprint density at radius 1 is 1.18 bits per heavy atom. The highest BCUT2D eigenvalue weighted by molar-refractivity contribution is 8.00. The molecule has 0 spiro atoms. The summed E-state index contributed by atoms with van der Waals surface area (Å²) in [4.78, 5) is 76.8. The monoisotopic (exact) mass is 764 g/mol. The van der Waals surface area contributed by atoms with Crippen LogP contribution in [0.1, 0.15) is 42.7 Å². The number of rotatable bonds is 10. The number of thioether (sulfide) groups is 1. The van der Waals surface area contributed by atoms with Gasteiger partial charge in [0, 0.05) is 35.6 Å². The second-order valence-corrected chi connectivity index (χ2v) is 15.6. The fourth-order valence-electron chi connectivity index (χ4n) is 6.74. The molecule has 17 nitrogen and oxygen atoms in total. The third kappa shape index (κ3) is 6.65. The maximum Gasteiger partial charge on any atom is 0.352 e. The number of nitrogen functional groups attached to an aromatic ring is 1. The maximum absolute atomic E-state index is 13.6. The fraction of sp³-hybridized carbons (Fsp3) is 0.452. The van der Waals surface area contributed by atoms with E-state index in [0.29, 0.717) is 55.6 Å². The molecule has 272 valence electrons. The van der Waals surface area contributed by atoms with E-state index in [9.17, 15) is 44.4 Å². The van der Waals surface area contributed by atoms with Gasteiger partial charge in [0.15, 0.2) is 22.3 Å². The van der Waals surface area contributed by atoms with Crippen LogP contribution in [0.15, 0.2) is 33.9 Å². The number of quaternary nitrogens is 1. The van der Waals surface area contributed by atoms with Crippen molar-refractivity contribution in [3.8, 4) is 11.5 Å². The Morgan fingerprint density at radius 2 is 1.88 bits per heavy atom. The molecule has 0 aliphatic carbocycles. The number of hydrogen-bond acceptors (Lipinski definition) is 13. The van der Waals surface area contributed by atoms with Gasteiger partial charge in [0.05, 0.1) is 36.8 Å². The average molecular weight is 765 g/mol. The van der Waals surface area contributed by atoms with Crippen LogP contribution in [0.2, 0.25) is 5.02 Å². The number of nitrogens with zero attached hydrogens (tertiary/aromatic N) is 5. The number of hydrogen-bond donors (Lipinski definition) is 6. The first-order valence-corrected chi connectivity index (χ1v) is 18.1. The van der Waals surface area contributed by atoms with Crippen molar-refractivity contribution in [1.29, 1.82) is 0 Å². The number of phenols is 2. The van der Waals surface area contributed by atoms with E-state index in [1.807, 2.05) is 0 Å². The molecular formula is C31H35ClN7O10S2+. The molecule has 0 radical (unpaired) electrons. The van der Waals surface area contributed by atoms with Crippen LogP contribution >= 0.6 is 34.7 Å². The van der Waals surface area contributed by atoms with Crippen LogP contribution in [-0.4, -0.2) is 137 Å². The SMILES string of the molecule is CC(C)(O/N=C(\C(=O)N[C@@H]1C(=O)N2C(C(=O)O)=C(C[N+]34CCC(CC3)N(C(=O)c3ccc(O)c(O)c3Cl)CC4)CS[C@H]12)c1csc(N)n1)C(=O)O. The summed E-state index contributed by atoms with van der Waals surface area (Å²) in [5.41, 5.74) is 4.04. The van der Waals surface area contributed by atoms with Crippen LogP contribution in [0.4, 0.5) is 5.13 Å². The maximum atomic E-state index is 13.6. The number of carboxylic acid groups (broad SMARTS) is 2. The summed E-state index contributed by atoms with van der Waals surface area (Å²) < 4.78 is 0.512. The van der Waals surface area contributed by atoms with Gasteiger partial charge in [0.2, 0.25) is 5.60 Å². The lowest BCUT2D eigenvalue weighted by Crippen LogP contribution is -2.71. The number of aliphatic carboxylic acids is 2. The van der Waals surface area contributed by atoms with Crippen LogP contribution in [0.25, 0.3) is 0 Å². The molecule has 1 aromatic carbocycles. The van der Waals surface area contributed by atoms with Gasteiger partial charge in [-0.25, -0.2) is 14.6 Å². The lowest BCUT2D eigenvalue weighted by atomic mass is 9.99. The molecule has 2 bridgehead atoms. The van der Waals surface area contributed by atoms with Gasteiger partial charge in [-0.15, -0.1) is 23.1 Å². The van der Waals surface area contributed by atoms with Crippen molar-refractivity contribution in [3.05, 3.63) is 45.1 Å². The molecule has 0 saturated carbocycles. The first-order chi connectivity index (χ1) is 24.0. The van der Waals surface area contributed by atoms with Gasteiger partial charge in [-0.2, -0.15) is 0 Å². The minimum absolute atomic E-state index is 0.00393. The second kappa shape index (κ2) is 13.5. The van der Waals surface area contributed by atoms with Gasteiger partial charge in [0.1, 0.15) is 29.4 Å². The molecule has 1 aromatic heterocycles. The van der Waals surface area contributed by atoms with E-state index < -0.39 is 58.0 Å². The lowest BCUT2D eigenvalue weighted by molar-refractivity contribution is -0.924. The Hall–Kier alpha value is -4.59. The van der Waals surface area contributed by atoms with E-state index in [2.05, 4.69) is 15.5 Å². The molecule has 3 amide bonds. The highest BCUT2D eigenvalue weighted by Gasteiger charge is 2.55. The number of carbonyl (C=O) groups excluding carboxylic acids is 3. The molecule has 20 heteroatoms. The van der Waals surface area contributed by atoms with Gasteiger partial charge < -0.3 is 45.7 Å². The number of carbonyl (C=O) groups is 5. The van der Waals surface area contributed by atoms with E-state index in [1.165, 1.54) is 48.0 Å². The van der Waals surface area contributed by atoms with Gasteiger partial charge >= 0.3 is 11.9 Å². The van der Waals surface area contributed by atoms with E-state index in [-0.39, 0.29) is 44.8 Å². The van der Waals surface area contributed by atoms with Crippen LogP contribution in [-0.2, 0) is 24.0 Å². The number of oxime groups is 1. The molecule has 7 rings (SSSR count). The summed E-state index contributed by atoms with van der Waals surface area (Å²) in [5, 5.41) is 46.5. The fourth-order valence-corrected chi connectivity index (χ4v) is 8.86. The number of β-lactam (4-membered cyclic amide) rings is 1. The van der Waals surface area contributed by atoms with Crippen LogP contribution in [0.3, 0.4) is 0 Å². The summed E-state index contributed by atoms with van der Waals surface area (Å²) in [6.07, 6.45) is 1.30. The number of nitrogens with two attached hydrogens (primary N) is 1. The highest BCUT2D eigenvalue weighted by Crippen LogP contribution is 2.42. The number of halogens is 1. The predicted octanol–water partition coefficient (Wildman–Crippen LogP) is 1.25. The van der Waals surface area contributed by atoms with Crippen LogP contribution in [0, 0.1) is 0 Å². The van der Waals surface area contributed by atoms with Crippen molar-refractivity contribution in [3.63, 3.8) is 0 Å². The number of carboxylic acids is 2. The normalized spacial score (nSPS) is 24.8. The first-order valence-electron chi connectivity index (χ1n) is 15.8. The molecule has 0 unspecified atom stereocenters. The first kappa shape index (κ1) is 36.2. The summed E-state index contributed by atoms with van der Waals surface area (Å²) in [5.74, 6) is -5.23. The second-order valence-electron chi connectivity index (χ2n) is 13.2. The van der Waals surface area contributed by atoms with Gasteiger partial charge in [-0.05, 0) is 26.0 Å². The number of benzene rings is 1. The van der Waals surface area contributed by atoms with E-state index in [4.69, 9.17) is 22.2 Å². The highest BCUT2D eigenvalue weighted by atomic mass is 35.5. The molecule has 5 aliphatic rings. The van der Waals surface area contributed by atoms with Crippen molar-refractivity contribution < 1.29 is 53.7 Å². The molecule has 4 saturated heterocycles. The van der Waals surface area contributed by atoms with Crippen LogP contribution in [0.5, 0.6) is 11.5 Å². The molecule has 6 heterocycles. The summed E-state index contributed by atoms with van der Waals surface area (Å²) >= 11 is 8.52. The Kier molecular flexibility index (Phi) is 9.59. The van der Waals surface area contributed by atoms with Crippen molar-refractivity contribution in [2.45, 2.75) is 49.7 Å². The number of piperidine rings is 1. The lowest BCUT2D eigenvalue weighted by Gasteiger charge is -2.50. The van der Waals surface area contributed by atoms with E-state index in [1.54, 1.807) is 4.90 Å². The summed E-state index contributed by atoms with van der Waals surface area (Å²) in [6, 6.07) is 1.38. The number of fused-ring (bicyclic) bond motifs is 5. The smallest absolute Gasteiger partial charge is 0.352 e. The van der Waals surface area contributed by atoms with Gasteiger partial charge in [-0.3, -0.25) is 19.3 Å². The molecule has 2 aromatic rings. The molecule has 4 fully saturated rings. The summed E-state index contributed by atoms with van der Waals surface area (Å²) in [7, 11) is 0.